The maximum Gasteiger partial charge on any atom is 0.258 e. The number of aryl methyl sites for hydroxylation is 3. The van der Waals surface area contributed by atoms with E-state index in [2.05, 4.69) is 21.2 Å². The van der Waals surface area contributed by atoms with Gasteiger partial charge in [0.25, 0.3) is 5.91 Å². The molecule has 0 aromatic heterocycles. The first-order valence-corrected chi connectivity index (χ1v) is 9.92. The molecule has 1 unspecified atom stereocenters. The fourth-order valence-electron chi connectivity index (χ4n) is 3.46. The van der Waals surface area contributed by atoms with Crippen molar-refractivity contribution in [1.82, 2.24) is 5.32 Å². The minimum atomic E-state index is -0.334. The van der Waals surface area contributed by atoms with Gasteiger partial charge in [0.1, 0.15) is 17.1 Å². The van der Waals surface area contributed by atoms with Crippen molar-refractivity contribution in [2.24, 2.45) is 0 Å². The number of amides is 1. The highest BCUT2D eigenvalue weighted by atomic mass is 79.9. The molecule has 1 aliphatic rings. The van der Waals surface area contributed by atoms with E-state index < -0.39 is 0 Å². The molecule has 144 valence electrons. The number of fused-ring (bicyclic) bond motifs is 1. The molecule has 0 aliphatic carbocycles. The molecule has 0 fully saturated rings. The first-order valence-electron chi connectivity index (χ1n) is 9.13. The normalized spacial score (nSPS) is 17.6. The zero-order valence-corrected chi connectivity index (χ0v) is 18.1. The first-order chi connectivity index (χ1) is 12.6. The Bertz CT molecular complexity index is 853. The van der Waals surface area contributed by atoms with Gasteiger partial charge in [0.15, 0.2) is 6.61 Å². The summed E-state index contributed by atoms with van der Waals surface area (Å²) in [4.78, 5) is 12.5. The molecule has 1 amide bonds. The van der Waals surface area contributed by atoms with Crippen molar-refractivity contribution in [3.05, 3.63) is 57.1 Å². The summed E-state index contributed by atoms with van der Waals surface area (Å²) in [6.07, 6.45) is 0.714. The molecule has 2 aromatic rings. The smallest absolute Gasteiger partial charge is 0.258 e. The number of carbonyl (C=O) groups is 1. The Kier molecular flexibility index (Phi) is 5.52. The largest absolute Gasteiger partial charge is 0.487 e. The molecule has 27 heavy (non-hydrogen) atoms. The molecule has 0 saturated carbocycles. The van der Waals surface area contributed by atoms with Crippen LogP contribution in [0.25, 0.3) is 0 Å². The molecule has 1 atom stereocenters. The lowest BCUT2D eigenvalue weighted by molar-refractivity contribution is -0.124. The zero-order valence-electron chi connectivity index (χ0n) is 16.5. The summed E-state index contributed by atoms with van der Waals surface area (Å²) >= 11 is 3.54. The number of halogens is 1. The van der Waals surface area contributed by atoms with Crippen molar-refractivity contribution in [3.8, 4) is 11.5 Å². The van der Waals surface area contributed by atoms with E-state index >= 15 is 0 Å². The number of hydrogen-bond acceptors (Lipinski definition) is 3. The number of rotatable bonds is 4. The van der Waals surface area contributed by atoms with Gasteiger partial charge in [0.05, 0.1) is 6.04 Å². The lowest BCUT2D eigenvalue weighted by atomic mass is 9.89. The van der Waals surface area contributed by atoms with E-state index in [0.29, 0.717) is 12.2 Å². The Balaban J connectivity index is 1.69. The summed E-state index contributed by atoms with van der Waals surface area (Å²) in [5.74, 6) is 1.41. The Morgan fingerprint density at radius 2 is 1.89 bits per heavy atom. The van der Waals surface area contributed by atoms with Gasteiger partial charge >= 0.3 is 0 Å². The van der Waals surface area contributed by atoms with E-state index in [4.69, 9.17) is 9.47 Å². The average Bonchev–Trinajstić information content (AvgIpc) is 2.56. The molecule has 0 bridgehead atoms. The summed E-state index contributed by atoms with van der Waals surface area (Å²) in [6.45, 7) is 10.1. The predicted molar refractivity (Wildman–Crippen MR) is 110 cm³/mol. The number of ether oxygens (including phenoxy) is 2. The average molecular weight is 432 g/mol. The lowest BCUT2D eigenvalue weighted by Gasteiger charge is -2.38. The van der Waals surface area contributed by atoms with Crippen molar-refractivity contribution in [2.75, 3.05) is 6.61 Å². The third-order valence-corrected chi connectivity index (χ3v) is 5.99. The molecule has 5 heteroatoms. The van der Waals surface area contributed by atoms with Gasteiger partial charge in [-0.15, -0.1) is 0 Å². The Morgan fingerprint density at radius 1 is 1.22 bits per heavy atom. The molecule has 0 saturated heterocycles. The molecule has 4 nitrogen and oxygen atoms in total. The van der Waals surface area contributed by atoms with Gasteiger partial charge in [0.2, 0.25) is 0 Å². The van der Waals surface area contributed by atoms with Gasteiger partial charge in [-0.1, -0.05) is 28.1 Å². The van der Waals surface area contributed by atoms with Crippen molar-refractivity contribution < 1.29 is 14.3 Å². The van der Waals surface area contributed by atoms with E-state index in [1.54, 1.807) is 0 Å². The van der Waals surface area contributed by atoms with Crippen LogP contribution in [-0.4, -0.2) is 18.1 Å². The van der Waals surface area contributed by atoms with Crippen LogP contribution in [0.15, 0.2) is 34.8 Å². The Hall–Kier alpha value is -2.01. The van der Waals surface area contributed by atoms with Crippen molar-refractivity contribution >= 4 is 21.8 Å². The number of hydrogen-bond donors (Lipinski definition) is 1. The maximum absolute atomic E-state index is 12.5. The Morgan fingerprint density at radius 3 is 2.56 bits per heavy atom. The van der Waals surface area contributed by atoms with Gasteiger partial charge < -0.3 is 14.8 Å². The second kappa shape index (κ2) is 7.55. The van der Waals surface area contributed by atoms with Crippen LogP contribution in [0.3, 0.4) is 0 Å². The van der Waals surface area contributed by atoms with Gasteiger partial charge in [-0.25, -0.2) is 0 Å². The van der Waals surface area contributed by atoms with Gasteiger partial charge in [0, 0.05) is 16.5 Å². The van der Waals surface area contributed by atoms with Crippen molar-refractivity contribution in [2.45, 2.75) is 52.7 Å². The molecule has 3 rings (SSSR count). The summed E-state index contributed by atoms with van der Waals surface area (Å²) < 4.78 is 12.9. The van der Waals surface area contributed by atoms with E-state index in [0.717, 1.165) is 32.5 Å². The maximum atomic E-state index is 12.5. The first kappa shape index (κ1) is 19.7. The number of nitrogens with one attached hydrogen (secondary N) is 1. The summed E-state index contributed by atoms with van der Waals surface area (Å²) in [5, 5.41) is 3.11. The molecule has 0 radical (unpaired) electrons. The third-order valence-electron chi connectivity index (χ3n) is 4.74. The number of carbonyl (C=O) groups excluding carboxylic acids is 1. The van der Waals surface area contributed by atoms with Gasteiger partial charge in [-0.05, 0) is 69.5 Å². The van der Waals surface area contributed by atoms with E-state index in [-0.39, 0.29) is 24.2 Å². The quantitative estimate of drug-likeness (QED) is 0.725. The highest BCUT2D eigenvalue weighted by molar-refractivity contribution is 9.10. The van der Waals surface area contributed by atoms with Crippen LogP contribution in [-0.2, 0) is 4.79 Å². The van der Waals surface area contributed by atoms with Crippen molar-refractivity contribution in [1.29, 1.82) is 0 Å². The third kappa shape index (κ3) is 4.64. The molecule has 1 N–H and O–H groups in total. The van der Waals surface area contributed by atoms with Crippen LogP contribution >= 0.6 is 15.9 Å². The van der Waals surface area contributed by atoms with Crippen molar-refractivity contribution in [3.63, 3.8) is 0 Å². The summed E-state index contributed by atoms with van der Waals surface area (Å²) in [7, 11) is 0. The minimum Gasteiger partial charge on any atom is -0.487 e. The fourth-order valence-corrected chi connectivity index (χ4v) is 3.69. The predicted octanol–water partition coefficient (Wildman–Crippen LogP) is 5.17. The van der Waals surface area contributed by atoms with Crippen LogP contribution in [0.1, 0.15) is 48.6 Å². The summed E-state index contributed by atoms with van der Waals surface area (Å²) in [6, 6.07) is 9.88. The minimum absolute atomic E-state index is 0.0144. The van der Waals surface area contributed by atoms with Crippen LogP contribution in [0, 0.1) is 20.8 Å². The zero-order chi connectivity index (χ0) is 19.8. The molecular formula is C22H26BrNO3. The standard InChI is InChI=1S/C22H26BrNO3/c1-13-6-7-17-18(11-22(4,5)27-19(17)8-13)24-20(25)12-26-16-9-14(2)21(23)15(3)10-16/h6-10,18H,11-12H2,1-5H3,(H,24,25). The molecule has 1 aliphatic heterocycles. The monoisotopic (exact) mass is 431 g/mol. The van der Waals surface area contributed by atoms with E-state index in [9.17, 15) is 4.79 Å². The summed E-state index contributed by atoms with van der Waals surface area (Å²) in [5.41, 5.74) is 3.99. The SMILES string of the molecule is Cc1ccc2c(c1)OC(C)(C)CC2NC(=O)COc1cc(C)c(Br)c(C)c1. The number of benzene rings is 2. The molecule has 1 heterocycles. The molecule has 2 aromatic carbocycles. The molecule has 0 spiro atoms. The Labute approximate surface area is 169 Å². The van der Waals surface area contributed by atoms with Gasteiger partial charge in [-0.3, -0.25) is 4.79 Å². The topological polar surface area (TPSA) is 47.6 Å². The van der Waals surface area contributed by atoms with E-state index in [1.165, 1.54) is 0 Å². The van der Waals surface area contributed by atoms with Crippen LogP contribution in [0.4, 0.5) is 0 Å². The highest BCUT2D eigenvalue weighted by Gasteiger charge is 2.34. The molecular weight excluding hydrogens is 406 g/mol. The van der Waals surface area contributed by atoms with Crippen LogP contribution in [0.5, 0.6) is 11.5 Å². The van der Waals surface area contributed by atoms with Crippen LogP contribution < -0.4 is 14.8 Å². The fraction of sp³-hybridized carbons (Fsp3) is 0.409. The van der Waals surface area contributed by atoms with E-state index in [1.807, 2.05) is 65.0 Å². The van der Waals surface area contributed by atoms with Crippen LogP contribution in [0.2, 0.25) is 0 Å². The second-order valence-electron chi connectivity index (χ2n) is 7.89. The second-order valence-corrected chi connectivity index (χ2v) is 8.68. The highest BCUT2D eigenvalue weighted by Crippen LogP contribution is 2.39. The lowest BCUT2D eigenvalue weighted by Crippen LogP contribution is -2.42. The van der Waals surface area contributed by atoms with Gasteiger partial charge in [-0.2, -0.15) is 0 Å².